The van der Waals surface area contributed by atoms with Crippen LogP contribution in [0.5, 0.6) is 0 Å². The molecule has 0 radical (unpaired) electrons. The summed E-state index contributed by atoms with van der Waals surface area (Å²) in [5, 5.41) is 0. The normalized spacial score (nSPS) is 20.9. The standard InChI is InChI=1S/C18H25NO3/c1-2-3-9-16-10-11-17(12-13-20)19(16)18(21)22-14-15-7-5-4-6-8-15/h4-8,13,16-17H,2-3,9-12,14H2,1H3/t16-,17+/m1/s1. The summed E-state index contributed by atoms with van der Waals surface area (Å²) in [5.41, 5.74) is 0.979. The van der Waals surface area contributed by atoms with Crippen molar-refractivity contribution in [3.63, 3.8) is 0 Å². The van der Waals surface area contributed by atoms with E-state index < -0.39 is 0 Å². The Hall–Kier alpha value is -1.84. The highest BCUT2D eigenvalue weighted by Crippen LogP contribution is 2.30. The van der Waals surface area contributed by atoms with Gasteiger partial charge in [0.2, 0.25) is 0 Å². The summed E-state index contributed by atoms with van der Waals surface area (Å²) in [6, 6.07) is 9.89. The highest BCUT2D eigenvalue weighted by molar-refractivity contribution is 5.69. The minimum atomic E-state index is -0.283. The largest absolute Gasteiger partial charge is 0.445 e. The van der Waals surface area contributed by atoms with Gasteiger partial charge in [-0.15, -0.1) is 0 Å². The topological polar surface area (TPSA) is 46.6 Å². The summed E-state index contributed by atoms with van der Waals surface area (Å²) in [6.45, 7) is 2.43. The van der Waals surface area contributed by atoms with Crippen molar-refractivity contribution < 1.29 is 14.3 Å². The van der Waals surface area contributed by atoms with Crippen LogP contribution in [0.1, 0.15) is 51.0 Å². The molecule has 4 heteroatoms. The SMILES string of the molecule is CCCC[C@@H]1CC[C@@H](CC=O)N1C(=O)OCc1ccccc1. The molecule has 2 rings (SSSR count). The van der Waals surface area contributed by atoms with E-state index >= 15 is 0 Å². The van der Waals surface area contributed by atoms with Gasteiger partial charge in [0, 0.05) is 18.5 Å². The zero-order chi connectivity index (χ0) is 15.8. The number of carbonyl (C=O) groups is 2. The molecule has 1 saturated heterocycles. The molecule has 1 aromatic rings. The lowest BCUT2D eigenvalue weighted by molar-refractivity contribution is -0.108. The number of hydrogen-bond donors (Lipinski definition) is 0. The van der Waals surface area contributed by atoms with Gasteiger partial charge < -0.3 is 14.4 Å². The van der Waals surface area contributed by atoms with Gasteiger partial charge in [0.05, 0.1) is 0 Å². The summed E-state index contributed by atoms with van der Waals surface area (Å²) < 4.78 is 5.47. The van der Waals surface area contributed by atoms with Crippen LogP contribution in [-0.2, 0) is 16.1 Å². The lowest BCUT2D eigenvalue weighted by Gasteiger charge is -2.29. The molecule has 0 aliphatic carbocycles. The molecule has 0 N–H and O–H groups in total. The molecule has 0 aromatic heterocycles. The molecular weight excluding hydrogens is 278 g/mol. The van der Waals surface area contributed by atoms with Gasteiger partial charge in [-0.1, -0.05) is 50.1 Å². The molecule has 0 bridgehead atoms. The first-order valence-electron chi connectivity index (χ1n) is 8.19. The predicted molar refractivity (Wildman–Crippen MR) is 85.5 cm³/mol. The fourth-order valence-corrected chi connectivity index (χ4v) is 3.12. The third kappa shape index (κ3) is 4.33. The summed E-state index contributed by atoms with van der Waals surface area (Å²) in [5.74, 6) is 0. The third-order valence-corrected chi connectivity index (χ3v) is 4.30. The average molecular weight is 303 g/mol. The van der Waals surface area contributed by atoms with E-state index in [2.05, 4.69) is 6.92 Å². The Morgan fingerprint density at radius 2 is 2.00 bits per heavy atom. The number of carbonyl (C=O) groups excluding carboxylic acids is 2. The van der Waals surface area contributed by atoms with Crippen molar-refractivity contribution in [3.8, 4) is 0 Å². The summed E-state index contributed by atoms with van der Waals surface area (Å²) in [6.07, 6.45) is 6.10. The molecule has 1 heterocycles. The van der Waals surface area contributed by atoms with Crippen LogP contribution in [0.4, 0.5) is 4.79 Å². The van der Waals surface area contributed by atoms with Crippen LogP contribution < -0.4 is 0 Å². The number of ether oxygens (including phenoxy) is 1. The van der Waals surface area contributed by atoms with Gasteiger partial charge in [0.25, 0.3) is 0 Å². The maximum absolute atomic E-state index is 12.5. The second-order valence-electron chi connectivity index (χ2n) is 5.88. The summed E-state index contributed by atoms with van der Waals surface area (Å²) >= 11 is 0. The van der Waals surface area contributed by atoms with Crippen LogP contribution in [-0.4, -0.2) is 29.4 Å². The molecule has 0 saturated carbocycles. The molecule has 2 atom stereocenters. The van der Waals surface area contributed by atoms with E-state index in [4.69, 9.17) is 4.74 Å². The lowest BCUT2D eigenvalue weighted by atomic mass is 10.1. The Bertz CT molecular complexity index is 474. The van der Waals surface area contributed by atoms with Crippen molar-refractivity contribution in [2.45, 2.75) is 64.1 Å². The number of hydrogen-bond acceptors (Lipinski definition) is 3. The summed E-state index contributed by atoms with van der Waals surface area (Å²) in [7, 11) is 0. The molecule has 120 valence electrons. The number of aldehydes is 1. The second-order valence-corrected chi connectivity index (χ2v) is 5.88. The monoisotopic (exact) mass is 303 g/mol. The molecule has 1 aromatic carbocycles. The van der Waals surface area contributed by atoms with Gasteiger partial charge in [0.15, 0.2) is 0 Å². The first-order valence-corrected chi connectivity index (χ1v) is 8.19. The minimum Gasteiger partial charge on any atom is -0.445 e. The maximum Gasteiger partial charge on any atom is 0.410 e. The summed E-state index contributed by atoms with van der Waals surface area (Å²) in [4.78, 5) is 25.1. The molecule has 1 aliphatic heterocycles. The van der Waals surface area contributed by atoms with Gasteiger partial charge in [-0.25, -0.2) is 4.79 Å². The van der Waals surface area contributed by atoms with E-state index in [1.54, 1.807) is 0 Å². The Kier molecular flexibility index (Phi) is 6.44. The molecule has 4 nitrogen and oxygen atoms in total. The highest BCUT2D eigenvalue weighted by atomic mass is 16.6. The van der Waals surface area contributed by atoms with Crippen molar-refractivity contribution >= 4 is 12.4 Å². The van der Waals surface area contributed by atoms with E-state index in [1.165, 1.54) is 0 Å². The third-order valence-electron chi connectivity index (χ3n) is 4.30. The number of rotatable bonds is 7. The molecule has 1 fully saturated rings. The van der Waals surface area contributed by atoms with Crippen LogP contribution in [0, 0.1) is 0 Å². The molecule has 1 aliphatic rings. The Morgan fingerprint density at radius 3 is 2.68 bits per heavy atom. The highest BCUT2D eigenvalue weighted by Gasteiger charge is 2.37. The first-order chi connectivity index (χ1) is 10.8. The van der Waals surface area contributed by atoms with Gasteiger partial charge in [0.1, 0.15) is 12.9 Å². The first kappa shape index (κ1) is 16.5. The fraction of sp³-hybridized carbons (Fsp3) is 0.556. The molecule has 1 amide bonds. The van der Waals surface area contributed by atoms with Crippen molar-refractivity contribution in [2.75, 3.05) is 0 Å². The predicted octanol–water partition coefficient (Wildman–Crippen LogP) is 3.94. The van der Waals surface area contributed by atoms with E-state index in [-0.39, 0.29) is 24.8 Å². The zero-order valence-corrected chi connectivity index (χ0v) is 13.2. The molecular formula is C18H25NO3. The van der Waals surface area contributed by atoms with Gasteiger partial charge in [-0.2, -0.15) is 0 Å². The smallest absolute Gasteiger partial charge is 0.410 e. The van der Waals surface area contributed by atoms with E-state index in [1.807, 2.05) is 35.2 Å². The van der Waals surface area contributed by atoms with Crippen molar-refractivity contribution in [1.82, 2.24) is 4.90 Å². The van der Waals surface area contributed by atoms with Crippen LogP contribution in [0.15, 0.2) is 30.3 Å². The van der Waals surface area contributed by atoms with E-state index in [9.17, 15) is 9.59 Å². The maximum atomic E-state index is 12.5. The zero-order valence-electron chi connectivity index (χ0n) is 13.2. The fourth-order valence-electron chi connectivity index (χ4n) is 3.12. The quantitative estimate of drug-likeness (QED) is 0.717. The van der Waals surface area contributed by atoms with Crippen molar-refractivity contribution in [3.05, 3.63) is 35.9 Å². The number of unbranched alkanes of at least 4 members (excludes halogenated alkanes) is 1. The minimum absolute atomic E-state index is 0.00243. The van der Waals surface area contributed by atoms with Gasteiger partial charge in [-0.05, 0) is 24.8 Å². The van der Waals surface area contributed by atoms with E-state index in [0.717, 1.165) is 44.0 Å². The van der Waals surface area contributed by atoms with Crippen LogP contribution in [0.3, 0.4) is 0 Å². The average Bonchev–Trinajstić information content (AvgIpc) is 2.95. The molecule has 22 heavy (non-hydrogen) atoms. The number of benzene rings is 1. The molecule has 0 spiro atoms. The number of nitrogens with zero attached hydrogens (tertiary/aromatic N) is 1. The van der Waals surface area contributed by atoms with Crippen LogP contribution >= 0.6 is 0 Å². The van der Waals surface area contributed by atoms with Crippen molar-refractivity contribution in [1.29, 1.82) is 0 Å². The Morgan fingerprint density at radius 1 is 1.27 bits per heavy atom. The van der Waals surface area contributed by atoms with Crippen molar-refractivity contribution in [2.24, 2.45) is 0 Å². The van der Waals surface area contributed by atoms with Gasteiger partial charge >= 0.3 is 6.09 Å². The molecule has 0 unspecified atom stereocenters. The Balaban J connectivity index is 1.96. The van der Waals surface area contributed by atoms with E-state index in [0.29, 0.717) is 6.42 Å². The van der Waals surface area contributed by atoms with Crippen LogP contribution in [0.25, 0.3) is 0 Å². The van der Waals surface area contributed by atoms with Gasteiger partial charge in [-0.3, -0.25) is 0 Å². The lowest BCUT2D eigenvalue weighted by Crippen LogP contribution is -2.41. The Labute approximate surface area is 132 Å². The number of likely N-dealkylation sites (tertiary alicyclic amines) is 1. The number of amides is 1. The second kappa shape index (κ2) is 8.57. The van der Waals surface area contributed by atoms with Crippen LogP contribution in [0.2, 0.25) is 0 Å².